The number of primary amides is 1. The van der Waals surface area contributed by atoms with Gasteiger partial charge in [-0.1, -0.05) is 30.3 Å². The standard InChI is InChI=1S/C19H17FN2O2/c1-11(2)22-17(18(21)23)16(12-7-9-13(20)10-8-12)14-5-3-4-6-15(14)19(22)24/h3-11H,1-2H3,(H2,21,23). The van der Waals surface area contributed by atoms with Gasteiger partial charge in [0.25, 0.3) is 11.5 Å². The zero-order chi connectivity index (χ0) is 17.4. The first-order valence-corrected chi connectivity index (χ1v) is 7.64. The molecular weight excluding hydrogens is 307 g/mol. The first kappa shape index (κ1) is 15.9. The SMILES string of the molecule is CC(C)n1c(C(N)=O)c(-c2ccc(F)cc2)c2ccccc2c1=O. The van der Waals surface area contributed by atoms with Crippen LogP contribution in [0.5, 0.6) is 0 Å². The number of halogens is 1. The van der Waals surface area contributed by atoms with Crippen LogP contribution in [0.3, 0.4) is 0 Å². The highest BCUT2D eigenvalue weighted by molar-refractivity contribution is 6.07. The average Bonchev–Trinajstić information content (AvgIpc) is 2.55. The van der Waals surface area contributed by atoms with Crippen molar-refractivity contribution < 1.29 is 9.18 Å². The summed E-state index contributed by atoms with van der Waals surface area (Å²) in [7, 11) is 0. The van der Waals surface area contributed by atoms with E-state index in [1.54, 1.807) is 36.4 Å². The van der Waals surface area contributed by atoms with Crippen molar-refractivity contribution in [2.75, 3.05) is 0 Å². The molecule has 0 radical (unpaired) electrons. The number of hydrogen-bond acceptors (Lipinski definition) is 2. The number of carbonyl (C=O) groups excluding carboxylic acids is 1. The van der Waals surface area contributed by atoms with Gasteiger partial charge in [-0.3, -0.25) is 9.59 Å². The predicted octanol–water partition coefficient (Wildman–Crippen LogP) is 3.49. The number of rotatable bonds is 3. The maximum atomic E-state index is 13.3. The number of amides is 1. The summed E-state index contributed by atoms with van der Waals surface area (Å²) in [5.74, 6) is -1.06. The van der Waals surface area contributed by atoms with E-state index in [2.05, 4.69) is 0 Å². The number of hydrogen-bond donors (Lipinski definition) is 1. The van der Waals surface area contributed by atoms with Crippen LogP contribution in [0.1, 0.15) is 30.4 Å². The first-order valence-electron chi connectivity index (χ1n) is 7.64. The minimum atomic E-state index is -0.689. The van der Waals surface area contributed by atoms with Crippen molar-refractivity contribution in [3.63, 3.8) is 0 Å². The number of benzene rings is 2. The van der Waals surface area contributed by atoms with Gasteiger partial charge in [-0.2, -0.15) is 0 Å². The molecule has 2 N–H and O–H groups in total. The van der Waals surface area contributed by atoms with Crippen molar-refractivity contribution >= 4 is 16.7 Å². The van der Waals surface area contributed by atoms with Crippen LogP contribution in [0.4, 0.5) is 4.39 Å². The number of pyridine rings is 1. The van der Waals surface area contributed by atoms with Crippen LogP contribution in [0, 0.1) is 5.82 Å². The summed E-state index contributed by atoms with van der Waals surface area (Å²) < 4.78 is 14.7. The van der Waals surface area contributed by atoms with Crippen molar-refractivity contribution in [3.8, 4) is 11.1 Å². The Kier molecular flexibility index (Phi) is 3.93. The summed E-state index contributed by atoms with van der Waals surface area (Å²) in [4.78, 5) is 25.0. The van der Waals surface area contributed by atoms with E-state index >= 15 is 0 Å². The summed E-state index contributed by atoms with van der Waals surface area (Å²) in [6, 6.07) is 12.6. The van der Waals surface area contributed by atoms with Gasteiger partial charge in [-0.05, 0) is 43.0 Å². The molecule has 0 spiro atoms. The van der Waals surface area contributed by atoms with E-state index in [0.29, 0.717) is 21.9 Å². The minimum Gasteiger partial charge on any atom is -0.364 e. The van der Waals surface area contributed by atoms with Crippen molar-refractivity contribution in [2.24, 2.45) is 5.73 Å². The third kappa shape index (κ3) is 2.48. The Hall–Kier alpha value is -2.95. The van der Waals surface area contributed by atoms with Gasteiger partial charge in [0.05, 0.1) is 0 Å². The first-order chi connectivity index (χ1) is 11.4. The van der Waals surface area contributed by atoms with Gasteiger partial charge < -0.3 is 10.3 Å². The fraction of sp³-hybridized carbons (Fsp3) is 0.158. The van der Waals surface area contributed by atoms with Crippen molar-refractivity contribution in [2.45, 2.75) is 19.9 Å². The smallest absolute Gasteiger partial charge is 0.266 e. The van der Waals surface area contributed by atoms with Crippen LogP contribution in [0.15, 0.2) is 53.3 Å². The van der Waals surface area contributed by atoms with Gasteiger partial charge in [-0.25, -0.2) is 4.39 Å². The maximum absolute atomic E-state index is 13.3. The second kappa shape index (κ2) is 5.92. The Balaban J connectivity index is 2.56. The lowest BCUT2D eigenvalue weighted by Gasteiger charge is -2.20. The summed E-state index contributed by atoms with van der Waals surface area (Å²) in [6.45, 7) is 3.63. The second-order valence-electron chi connectivity index (χ2n) is 5.91. The number of fused-ring (bicyclic) bond motifs is 1. The molecule has 1 aromatic heterocycles. The Morgan fingerprint density at radius 3 is 2.17 bits per heavy atom. The predicted molar refractivity (Wildman–Crippen MR) is 92.5 cm³/mol. The molecule has 3 aromatic rings. The Morgan fingerprint density at radius 2 is 1.62 bits per heavy atom. The molecule has 0 saturated heterocycles. The molecule has 0 bridgehead atoms. The molecule has 0 unspecified atom stereocenters. The molecule has 0 fully saturated rings. The highest BCUT2D eigenvalue weighted by atomic mass is 19.1. The molecule has 0 aliphatic heterocycles. The van der Waals surface area contributed by atoms with E-state index in [4.69, 9.17) is 5.73 Å². The van der Waals surface area contributed by atoms with E-state index in [0.717, 1.165) is 0 Å². The Morgan fingerprint density at radius 1 is 1.04 bits per heavy atom. The monoisotopic (exact) mass is 324 g/mol. The van der Waals surface area contributed by atoms with E-state index in [1.807, 2.05) is 13.8 Å². The largest absolute Gasteiger partial charge is 0.364 e. The van der Waals surface area contributed by atoms with Crippen LogP contribution < -0.4 is 11.3 Å². The van der Waals surface area contributed by atoms with Gasteiger partial charge in [0.15, 0.2) is 0 Å². The minimum absolute atomic E-state index is 0.139. The summed E-state index contributed by atoms with van der Waals surface area (Å²) in [6.07, 6.45) is 0. The molecule has 1 heterocycles. The molecule has 4 nitrogen and oxygen atoms in total. The fourth-order valence-electron chi connectivity index (χ4n) is 3.01. The van der Waals surface area contributed by atoms with Gasteiger partial charge in [0.2, 0.25) is 0 Å². The lowest BCUT2D eigenvalue weighted by atomic mass is 9.96. The highest BCUT2D eigenvalue weighted by Crippen LogP contribution is 2.31. The molecule has 2 aromatic carbocycles. The molecule has 24 heavy (non-hydrogen) atoms. The van der Waals surface area contributed by atoms with Crippen LogP contribution in [0.25, 0.3) is 21.9 Å². The topological polar surface area (TPSA) is 65.1 Å². The molecule has 0 aliphatic carbocycles. The molecule has 0 aliphatic rings. The number of aromatic nitrogens is 1. The van der Waals surface area contributed by atoms with E-state index < -0.39 is 5.91 Å². The zero-order valence-corrected chi connectivity index (χ0v) is 13.4. The molecule has 1 amide bonds. The molecule has 5 heteroatoms. The van der Waals surface area contributed by atoms with Crippen LogP contribution in [-0.2, 0) is 0 Å². The van der Waals surface area contributed by atoms with Crippen LogP contribution in [-0.4, -0.2) is 10.5 Å². The number of nitrogens with zero attached hydrogens (tertiary/aromatic N) is 1. The molecule has 122 valence electrons. The Bertz CT molecular complexity index is 989. The highest BCUT2D eigenvalue weighted by Gasteiger charge is 2.22. The van der Waals surface area contributed by atoms with Crippen LogP contribution >= 0.6 is 0 Å². The van der Waals surface area contributed by atoms with Crippen molar-refractivity contribution in [3.05, 3.63) is 70.4 Å². The third-order valence-electron chi connectivity index (χ3n) is 4.01. The maximum Gasteiger partial charge on any atom is 0.266 e. The van der Waals surface area contributed by atoms with Crippen molar-refractivity contribution in [1.29, 1.82) is 0 Å². The summed E-state index contributed by atoms with van der Waals surface area (Å²) in [5.41, 5.74) is 6.67. The number of nitrogens with two attached hydrogens (primary N) is 1. The van der Waals surface area contributed by atoms with Gasteiger partial charge in [0, 0.05) is 17.0 Å². The van der Waals surface area contributed by atoms with Gasteiger partial charge in [-0.15, -0.1) is 0 Å². The second-order valence-corrected chi connectivity index (χ2v) is 5.91. The lowest BCUT2D eigenvalue weighted by molar-refractivity contribution is 0.0989. The third-order valence-corrected chi connectivity index (χ3v) is 4.01. The van der Waals surface area contributed by atoms with Gasteiger partial charge >= 0.3 is 0 Å². The molecule has 0 saturated carbocycles. The average molecular weight is 324 g/mol. The van der Waals surface area contributed by atoms with E-state index in [-0.39, 0.29) is 23.1 Å². The van der Waals surface area contributed by atoms with Crippen molar-refractivity contribution in [1.82, 2.24) is 4.57 Å². The zero-order valence-electron chi connectivity index (χ0n) is 13.4. The van der Waals surface area contributed by atoms with E-state index in [1.165, 1.54) is 16.7 Å². The normalized spacial score (nSPS) is 11.2. The lowest BCUT2D eigenvalue weighted by Crippen LogP contribution is -2.31. The summed E-state index contributed by atoms with van der Waals surface area (Å²) >= 11 is 0. The molecule has 3 rings (SSSR count). The summed E-state index contributed by atoms with van der Waals surface area (Å²) in [5, 5.41) is 1.12. The van der Waals surface area contributed by atoms with Crippen LogP contribution in [0.2, 0.25) is 0 Å². The number of carbonyl (C=O) groups is 1. The van der Waals surface area contributed by atoms with E-state index in [9.17, 15) is 14.0 Å². The Labute approximate surface area is 138 Å². The quantitative estimate of drug-likeness (QED) is 0.801. The van der Waals surface area contributed by atoms with Gasteiger partial charge in [0.1, 0.15) is 11.5 Å². The fourth-order valence-corrected chi connectivity index (χ4v) is 3.01. The molecule has 0 atom stereocenters. The molecular formula is C19H17FN2O2.